The zero-order valence-electron chi connectivity index (χ0n) is 18.0. The minimum absolute atomic E-state index is 0.0366. The normalized spacial score (nSPS) is 48.9. The molecule has 4 saturated carbocycles. The molecule has 6 nitrogen and oxygen atoms in total. The molecule has 0 bridgehead atoms. The SMILES string of the molecule is CC(=O)OC1CC2(C)C(OC(C)=O)CCC2C2CC(=O)C3(O)CCCCC3(C)C12. The molecule has 8 unspecified atom stereocenters. The second kappa shape index (κ2) is 6.79. The molecular formula is C23H34O6. The molecule has 4 aliphatic rings. The number of rotatable bonds is 2. The van der Waals surface area contributed by atoms with Gasteiger partial charge in [0.05, 0.1) is 0 Å². The highest BCUT2D eigenvalue weighted by atomic mass is 16.6. The number of carbonyl (C=O) groups is 3. The Morgan fingerprint density at radius 2 is 1.69 bits per heavy atom. The molecule has 6 heteroatoms. The van der Waals surface area contributed by atoms with Crippen molar-refractivity contribution in [2.24, 2.45) is 28.6 Å². The lowest BCUT2D eigenvalue weighted by molar-refractivity contribution is -0.233. The van der Waals surface area contributed by atoms with Gasteiger partial charge in [0, 0.05) is 37.0 Å². The lowest BCUT2D eigenvalue weighted by Gasteiger charge is -2.63. The highest BCUT2D eigenvalue weighted by Gasteiger charge is 2.70. The Labute approximate surface area is 172 Å². The van der Waals surface area contributed by atoms with Gasteiger partial charge in [-0.2, -0.15) is 0 Å². The van der Waals surface area contributed by atoms with Gasteiger partial charge in [-0.3, -0.25) is 14.4 Å². The van der Waals surface area contributed by atoms with E-state index in [1.807, 2.05) is 6.92 Å². The lowest BCUT2D eigenvalue weighted by Crippen LogP contribution is -2.69. The van der Waals surface area contributed by atoms with Gasteiger partial charge in [0.15, 0.2) is 5.78 Å². The topological polar surface area (TPSA) is 89.9 Å². The first kappa shape index (κ1) is 20.8. The lowest BCUT2D eigenvalue weighted by atomic mass is 9.42. The third-order valence-electron chi connectivity index (χ3n) is 9.02. The third-order valence-corrected chi connectivity index (χ3v) is 9.02. The molecule has 4 fully saturated rings. The molecular weight excluding hydrogens is 372 g/mol. The van der Waals surface area contributed by atoms with Crippen molar-refractivity contribution in [1.29, 1.82) is 0 Å². The average Bonchev–Trinajstić information content (AvgIpc) is 2.92. The van der Waals surface area contributed by atoms with E-state index in [4.69, 9.17) is 9.47 Å². The van der Waals surface area contributed by atoms with Gasteiger partial charge in [0.1, 0.15) is 17.8 Å². The number of ether oxygens (including phenoxy) is 2. The van der Waals surface area contributed by atoms with Gasteiger partial charge in [-0.25, -0.2) is 0 Å². The molecule has 8 atom stereocenters. The highest BCUT2D eigenvalue weighted by molar-refractivity contribution is 5.89. The summed E-state index contributed by atoms with van der Waals surface area (Å²) in [7, 11) is 0. The molecule has 0 aromatic heterocycles. The second-order valence-corrected chi connectivity index (χ2v) is 10.4. The second-order valence-electron chi connectivity index (χ2n) is 10.4. The van der Waals surface area contributed by atoms with Gasteiger partial charge in [0.2, 0.25) is 0 Å². The molecule has 0 spiro atoms. The summed E-state index contributed by atoms with van der Waals surface area (Å²) < 4.78 is 11.6. The van der Waals surface area contributed by atoms with E-state index >= 15 is 0 Å². The van der Waals surface area contributed by atoms with Crippen LogP contribution in [0.2, 0.25) is 0 Å². The van der Waals surface area contributed by atoms with Crippen molar-refractivity contribution < 1.29 is 29.0 Å². The summed E-state index contributed by atoms with van der Waals surface area (Å²) in [5, 5.41) is 11.5. The molecule has 1 N–H and O–H groups in total. The zero-order valence-corrected chi connectivity index (χ0v) is 18.0. The molecule has 4 rings (SSSR count). The van der Waals surface area contributed by atoms with Crippen LogP contribution in [0.25, 0.3) is 0 Å². The van der Waals surface area contributed by atoms with Crippen LogP contribution in [0.4, 0.5) is 0 Å². The van der Waals surface area contributed by atoms with Crippen molar-refractivity contribution in [3.8, 4) is 0 Å². The first-order chi connectivity index (χ1) is 13.5. The number of hydrogen-bond donors (Lipinski definition) is 1. The summed E-state index contributed by atoms with van der Waals surface area (Å²) in [5.74, 6) is -0.481. The quantitative estimate of drug-likeness (QED) is 0.709. The Morgan fingerprint density at radius 1 is 1.03 bits per heavy atom. The Balaban J connectivity index is 1.78. The number of esters is 2. The Bertz CT molecular complexity index is 733. The van der Waals surface area contributed by atoms with Crippen molar-refractivity contribution in [3.63, 3.8) is 0 Å². The first-order valence-electron chi connectivity index (χ1n) is 11.1. The fourth-order valence-corrected chi connectivity index (χ4v) is 7.82. The number of hydrogen-bond acceptors (Lipinski definition) is 6. The van der Waals surface area contributed by atoms with Crippen LogP contribution in [0, 0.1) is 28.6 Å². The van der Waals surface area contributed by atoms with E-state index in [1.165, 1.54) is 13.8 Å². The van der Waals surface area contributed by atoms with Crippen molar-refractivity contribution in [3.05, 3.63) is 0 Å². The zero-order chi connectivity index (χ0) is 21.2. The molecule has 0 aromatic carbocycles. The molecule has 29 heavy (non-hydrogen) atoms. The van der Waals surface area contributed by atoms with E-state index in [1.54, 1.807) is 0 Å². The van der Waals surface area contributed by atoms with Gasteiger partial charge < -0.3 is 14.6 Å². The van der Waals surface area contributed by atoms with Crippen LogP contribution in [0.5, 0.6) is 0 Å². The van der Waals surface area contributed by atoms with Crippen molar-refractivity contribution in [1.82, 2.24) is 0 Å². The van der Waals surface area contributed by atoms with E-state index in [0.717, 1.165) is 32.1 Å². The summed E-state index contributed by atoms with van der Waals surface area (Å²) in [6.07, 6.45) is 5.08. The van der Waals surface area contributed by atoms with Gasteiger partial charge in [-0.1, -0.05) is 26.7 Å². The number of carbonyl (C=O) groups excluding carboxylic acids is 3. The molecule has 0 amide bonds. The minimum atomic E-state index is -1.33. The molecule has 0 aromatic rings. The van der Waals surface area contributed by atoms with Crippen molar-refractivity contribution in [2.45, 2.75) is 96.9 Å². The smallest absolute Gasteiger partial charge is 0.302 e. The van der Waals surface area contributed by atoms with Gasteiger partial charge in [-0.05, 0) is 43.9 Å². The van der Waals surface area contributed by atoms with Crippen LogP contribution in [-0.4, -0.2) is 40.6 Å². The maximum atomic E-state index is 13.2. The molecule has 162 valence electrons. The molecule has 0 heterocycles. The third kappa shape index (κ3) is 2.88. The Kier molecular flexibility index (Phi) is 4.88. The van der Waals surface area contributed by atoms with Crippen LogP contribution < -0.4 is 0 Å². The van der Waals surface area contributed by atoms with E-state index in [9.17, 15) is 19.5 Å². The standard InChI is InChI=1S/C23H34O6/c1-13(24)28-17-12-21(3)16(7-8-19(21)29-14(2)25)15-11-18(26)23(27)10-6-5-9-22(23,4)20(15)17/h15-17,19-20,27H,5-12H2,1-4H3. The van der Waals surface area contributed by atoms with E-state index in [-0.39, 0.29) is 53.1 Å². The molecule has 4 aliphatic carbocycles. The maximum absolute atomic E-state index is 13.2. The molecule has 0 aliphatic heterocycles. The molecule has 0 radical (unpaired) electrons. The number of aliphatic hydroxyl groups is 1. The number of fused-ring (bicyclic) bond motifs is 5. The predicted molar refractivity (Wildman–Crippen MR) is 105 cm³/mol. The summed E-state index contributed by atoms with van der Waals surface area (Å²) in [5.41, 5.74) is -2.24. The van der Waals surface area contributed by atoms with Gasteiger partial charge in [0.25, 0.3) is 0 Å². The van der Waals surface area contributed by atoms with Gasteiger partial charge >= 0.3 is 11.9 Å². The van der Waals surface area contributed by atoms with Crippen molar-refractivity contribution >= 4 is 17.7 Å². The van der Waals surface area contributed by atoms with E-state index in [2.05, 4.69) is 6.92 Å². The molecule has 0 saturated heterocycles. The number of ketones is 1. The highest BCUT2D eigenvalue weighted by Crippen LogP contribution is 2.67. The average molecular weight is 407 g/mol. The summed E-state index contributed by atoms with van der Waals surface area (Å²) in [4.78, 5) is 37.0. The summed E-state index contributed by atoms with van der Waals surface area (Å²) >= 11 is 0. The fourth-order valence-electron chi connectivity index (χ4n) is 7.82. The largest absolute Gasteiger partial charge is 0.462 e. The maximum Gasteiger partial charge on any atom is 0.302 e. The predicted octanol–water partition coefficient (Wildman–Crippen LogP) is 3.19. The van der Waals surface area contributed by atoms with Gasteiger partial charge in [-0.15, -0.1) is 0 Å². The van der Waals surface area contributed by atoms with Crippen LogP contribution in [-0.2, 0) is 23.9 Å². The first-order valence-corrected chi connectivity index (χ1v) is 11.1. The Morgan fingerprint density at radius 3 is 2.34 bits per heavy atom. The summed E-state index contributed by atoms with van der Waals surface area (Å²) in [6, 6.07) is 0. The van der Waals surface area contributed by atoms with Crippen LogP contribution in [0.15, 0.2) is 0 Å². The van der Waals surface area contributed by atoms with Crippen LogP contribution in [0.1, 0.15) is 79.1 Å². The summed E-state index contributed by atoms with van der Waals surface area (Å²) in [6.45, 7) is 7.02. The monoisotopic (exact) mass is 406 g/mol. The van der Waals surface area contributed by atoms with E-state index in [0.29, 0.717) is 19.3 Å². The minimum Gasteiger partial charge on any atom is -0.462 e. The van der Waals surface area contributed by atoms with Crippen LogP contribution in [0.3, 0.4) is 0 Å². The number of Topliss-reactive ketones (excluding diaryl/α,β-unsaturated/α-hetero) is 1. The Hall–Kier alpha value is -1.43. The fraction of sp³-hybridized carbons (Fsp3) is 0.870. The van der Waals surface area contributed by atoms with Crippen molar-refractivity contribution in [2.75, 3.05) is 0 Å². The van der Waals surface area contributed by atoms with E-state index < -0.39 is 11.0 Å². The van der Waals surface area contributed by atoms with Crippen LogP contribution >= 0.6 is 0 Å².